The Morgan fingerprint density at radius 2 is 2.22 bits per heavy atom. The molecule has 3 nitrogen and oxygen atoms in total. The fourth-order valence-electron chi connectivity index (χ4n) is 2.02. The van der Waals surface area contributed by atoms with E-state index in [0.717, 1.165) is 25.3 Å². The van der Waals surface area contributed by atoms with Crippen molar-refractivity contribution in [2.45, 2.75) is 45.6 Å². The van der Waals surface area contributed by atoms with Crippen LogP contribution in [-0.2, 0) is 4.79 Å². The Labute approximate surface area is 122 Å². The molecule has 1 aliphatic rings. The summed E-state index contributed by atoms with van der Waals surface area (Å²) < 4.78 is 0. The number of halogens is 1. The first kappa shape index (κ1) is 18.1. The van der Waals surface area contributed by atoms with Crippen molar-refractivity contribution in [2.24, 2.45) is 5.92 Å². The Hall–Kier alpha value is 0.0700. The van der Waals surface area contributed by atoms with Gasteiger partial charge in [-0.15, -0.1) is 12.4 Å². The molecular formula is C13H27ClN2OS. The standard InChI is InChI=1S/C13H26N2OS.ClH/c1-3-4-8-17-9-6-13(16)15-12-5-7-14-10-11(12)2;/h11-12,14H,3-10H2,1-2H3,(H,15,16);1H. The van der Waals surface area contributed by atoms with E-state index in [4.69, 9.17) is 0 Å². The van der Waals surface area contributed by atoms with Crippen LogP contribution in [0.3, 0.4) is 0 Å². The van der Waals surface area contributed by atoms with Crippen LogP contribution in [0.25, 0.3) is 0 Å². The summed E-state index contributed by atoms with van der Waals surface area (Å²) >= 11 is 1.90. The van der Waals surface area contributed by atoms with Gasteiger partial charge in [0.1, 0.15) is 0 Å². The van der Waals surface area contributed by atoms with Gasteiger partial charge in [0.25, 0.3) is 0 Å². The highest BCUT2D eigenvalue weighted by Crippen LogP contribution is 2.11. The van der Waals surface area contributed by atoms with Gasteiger partial charge in [-0.3, -0.25) is 4.79 Å². The second kappa shape index (κ2) is 10.9. The number of carbonyl (C=O) groups is 1. The SMILES string of the molecule is CCCCSCCC(=O)NC1CCNCC1C.Cl. The summed E-state index contributed by atoms with van der Waals surface area (Å²) in [6.45, 7) is 6.45. The van der Waals surface area contributed by atoms with Crippen LogP contribution >= 0.6 is 24.2 Å². The summed E-state index contributed by atoms with van der Waals surface area (Å²) in [6.07, 6.45) is 4.24. The van der Waals surface area contributed by atoms with Crippen LogP contribution in [0.4, 0.5) is 0 Å². The molecule has 108 valence electrons. The second-order valence-corrected chi connectivity index (χ2v) is 6.08. The summed E-state index contributed by atoms with van der Waals surface area (Å²) in [5.41, 5.74) is 0. The van der Waals surface area contributed by atoms with Gasteiger partial charge in [0.15, 0.2) is 0 Å². The molecule has 5 heteroatoms. The normalized spacial score (nSPS) is 23.2. The van der Waals surface area contributed by atoms with Crippen LogP contribution in [0.5, 0.6) is 0 Å². The lowest BCUT2D eigenvalue weighted by atomic mass is 9.95. The minimum atomic E-state index is 0. The molecule has 0 spiro atoms. The summed E-state index contributed by atoms with van der Waals surface area (Å²) in [6, 6.07) is 0.379. The van der Waals surface area contributed by atoms with Crippen molar-refractivity contribution < 1.29 is 4.79 Å². The minimum absolute atomic E-state index is 0. The highest BCUT2D eigenvalue weighted by atomic mass is 35.5. The van der Waals surface area contributed by atoms with E-state index in [0.29, 0.717) is 18.4 Å². The monoisotopic (exact) mass is 294 g/mol. The average molecular weight is 295 g/mol. The molecule has 0 aromatic carbocycles. The largest absolute Gasteiger partial charge is 0.353 e. The average Bonchev–Trinajstić information content (AvgIpc) is 2.32. The maximum Gasteiger partial charge on any atom is 0.221 e. The smallest absolute Gasteiger partial charge is 0.221 e. The summed E-state index contributed by atoms with van der Waals surface area (Å²) in [7, 11) is 0. The van der Waals surface area contributed by atoms with E-state index in [1.54, 1.807) is 0 Å². The van der Waals surface area contributed by atoms with Crippen molar-refractivity contribution in [3.05, 3.63) is 0 Å². The molecule has 1 amide bonds. The number of hydrogen-bond donors (Lipinski definition) is 2. The highest BCUT2D eigenvalue weighted by molar-refractivity contribution is 7.99. The van der Waals surface area contributed by atoms with Gasteiger partial charge in [0, 0.05) is 18.2 Å². The maximum atomic E-state index is 11.7. The minimum Gasteiger partial charge on any atom is -0.353 e. The molecule has 0 aliphatic carbocycles. The third-order valence-electron chi connectivity index (χ3n) is 3.25. The zero-order chi connectivity index (χ0) is 12.5. The highest BCUT2D eigenvalue weighted by Gasteiger charge is 2.22. The van der Waals surface area contributed by atoms with E-state index >= 15 is 0 Å². The van der Waals surface area contributed by atoms with Gasteiger partial charge in [0.05, 0.1) is 0 Å². The molecular weight excluding hydrogens is 268 g/mol. The van der Waals surface area contributed by atoms with Crippen molar-refractivity contribution in [1.82, 2.24) is 10.6 Å². The number of amides is 1. The lowest BCUT2D eigenvalue weighted by molar-refractivity contribution is -0.121. The quantitative estimate of drug-likeness (QED) is 0.709. The molecule has 0 bridgehead atoms. The van der Waals surface area contributed by atoms with Gasteiger partial charge >= 0.3 is 0 Å². The molecule has 2 atom stereocenters. The number of carbonyl (C=O) groups excluding carboxylic acids is 1. The molecule has 1 aliphatic heterocycles. The van der Waals surface area contributed by atoms with E-state index in [1.807, 2.05) is 11.8 Å². The van der Waals surface area contributed by atoms with Crippen LogP contribution in [0, 0.1) is 5.92 Å². The van der Waals surface area contributed by atoms with Crippen LogP contribution in [0.15, 0.2) is 0 Å². The fourth-order valence-corrected chi connectivity index (χ4v) is 3.05. The zero-order valence-electron chi connectivity index (χ0n) is 11.5. The summed E-state index contributed by atoms with van der Waals surface area (Å²) in [5, 5.41) is 6.52. The number of rotatable bonds is 7. The van der Waals surface area contributed by atoms with Gasteiger partial charge in [-0.2, -0.15) is 11.8 Å². The van der Waals surface area contributed by atoms with E-state index in [9.17, 15) is 4.79 Å². The van der Waals surface area contributed by atoms with E-state index in [2.05, 4.69) is 24.5 Å². The Bertz CT molecular complexity index is 229. The third-order valence-corrected chi connectivity index (χ3v) is 4.32. The Morgan fingerprint density at radius 3 is 2.89 bits per heavy atom. The Morgan fingerprint density at radius 1 is 1.44 bits per heavy atom. The van der Waals surface area contributed by atoms with Gasteiger partial charge in [0.2, 0.25) is 5.91 Å². The molecule has 1 saturated heterocycles. The van der Waals surface area contributed by atoms with E-state index in [-0.39, 0.29) is 18.3 Å². The summed E-state index contributed by atoms with van der Waals surface area (Å²) in [4.78, 5) is 11.7. The predicted molar refractivity (Wildman–Crippen MR) is 82.7 cm³/mol. The van der Waals surface area contributed by atoms with Crippen LogP contribution < -0.4 is 10.6 Å². The number of thioether (sulfide) groups is 1. The van der Waals surface area contributed by atoms with Crippen LogP contribution in [-0.4, -0.2) is 36.5 Å². The lowest BCUT2D eigenvalue weighted by Crippen LogP contribution is -2.48. The lowest BCUT2D eigenvalue weighted by Gasteiger charge is -2.30. The van der Waals surface area contributed by atoms with Gasteiger partial charge in [-0.1, -0.05) is 20.3 Å². The first-order valence-corrected chi connectivity index (χ1v) is 7.97. The predicted octanol–water partition coefficient (Wildman–Crippen LogP) is 2.45. The number of hydrogen-bond acceptors (Lipinski definition) is 3. The molecule has 0 aromatic heterocycles. The molecule has 1 rings (SSSR count). The Balaban J connectivity index is 0.00000289. The topological polar surface area (TPSA) is 41.1 Å². The van der Waals surface area contributed by atoms with Crippen molar-refractivity contribution in [3.63, 3.8) is 0 Å². The number of nitrogens with one attached hydrogen (secondary N) is 2. The fraction of sp³-hybridized carbons (Fsp3) is 0.923. The molecule has 1 fully saturated rings. The molecule has 2 unspecified atom stereocenters. The van der Waals surface area contributed by atoms with Crippen LogP contribution in [0.1, 0.15) is 39.5 Å². The first-order valence-electron chi connectivity index (χ1n) is 6.82. The van der Waals surface area contributed by atoms with E-state index < -0.39 is 0 Å². The molecule has 0 radical (unpaired) electrons. The first-order chi connectivity index (χ1) is 8.24. The van der Waals surface area contributed by atoms with Gasteiger partial charge in [-0.25, -0.2) is 0 Å². The molecule has 2 N–H and O–H groups in total. The van der Waals surface area contributed by atoms with Crippen molar-refractivity contribution in [3.8, 4) is 0 Å². The number of unbranched alkanes of at least 4 members (excludes halogenated alkanes) is 1. The van der Waals surface area contributed by atoms with Crippen molar-refractivity contribution in [2.75, 3.05) is 24.6 Å². The third kappa shape index (κ3) is 7.49. The van der Waals surface area contributed by atoms with Gasteiger partial charge < -0.3 is 10.6 Å². The van der Waals surface area contributed by atoms with Crippen LogP contribution in [0.2, 0.25) is 0 Å². The second-order valence-electron chi connectivity index (χ2n) is 4.86. The summed E-state index contributed by atoms with van der Waals surface area (Å²) in [5.74, 6) is 2.94. The molecule has 0 aromatic rings. The molecule has 0 saturated carbocycles. The van der Waals surface area contributed by atoms with Gasteiger partial charge in [-0.05, 0) is 37.6 Å². The van der Waals surface area contributed by atoms with E-state index in [1.165, 1.54) is 18.6 Å². The van der Waals surface area contributed by atoms with Crippen molar-refractivity contribution >= 4 is 30.1 Å². The maximum absolute atomic E-state index is 11.7. The molecule has 1 heterocycles. The zero-order valence-corrected chi connectivity index (χ0v) is 13.2. The number of piperidine rings is 1. The van der Waals surface area contributed by atoms with Crippen molar-refractivity contribution in [1.29, 1.82) is 0 Å². The Kier molecular flexibility index (Phi) is 11.0. The molecule has 18 heavy (non-hydrogen) atoms.